The van der Waals surface area contributed by atoms with Crippen molar-refractivity contribution in [2.24, 2.45) is 10.7 Å². The molecule has 2 rings (SSSR count). The number of rotatable bonds is 6. The van der Waals surface area contributed by atoms with Gasteiger partial charge >= 0.3 is 0 Å². The molecule has 0 radical (unpaired) electrons. The molecule has 0 unspecified atom stereocenters. The van der Waals surface area contributed by atoms with Gasteiger partial charge in [0.05, 0.1) is 0 Å². The van der Waals surface area contributed by atoms with Gasteiger partial charge in [-0.2, -0.15) is 4.99 Å². The number of aryl methyl sites for hydroxylation is 2. The summed E-state index contributed by atoms with van der Waals surface area (Å²) in [6.07, 6.45) is 4.32. The lowest BCUT2D eigenvalue weighted by atomic mass is 10.0. The van der Waals surface area contributed by atoms with Gasteiger partial charge in [-0.1, -0.05) is 13.0 Å². The lowest BCUT2D eigenvalue weighted by Gasteiger charge is -2.16. The molecule has 2 aromatic rings. The first-order valence-electron chi connectivity index (χ1n) is 8.65. The third kappa shape index (κ3) is 5.61. The summed E-state index contributed by atoms with van der Waals surface area (Å²) in [5.74, 6) is 1.000. The summed E-state index contributed by atoms with van der Waals surface area (Å²) >= 11 is 5.23. The van der Waals surface area contributed by atoms with E-state index < -0.39 is 0 Å². The Morgan fingerprint density at radius 2 is 2.08 bits per heavy atom. The molecule has 2 N–H and O–H groups in total. The molecule has 0 saturated heterocycles. The van der Waals surface area contributed by atoms with Gasteiger partial charge in [-0.3, -0.25) is 4.98 Å². The van der Waals surface area contributed by atoms with E-state index >= 15 is 0 Å². The van der Waals surface area contributed by atoms with Gasteiger partial charge in [0.2, 0.25) is 0 Å². The maximum atomic E-state index is 5.96. The molecule has 0 aliphatic rings. The summed E-state index contributed by atoms with van der Waals surface area (Å²) in [5.41, 5.74) is 10.2. The molecular formula is C20H26N4OS. The van der Waals surface area contributed by atoms with Crippen molar-refractivity contribution in [3.63, 3.8) is 0 Å². The van der Waals surface area contributed by atoms with Gasteiger partial charge in [-0.25, -0.2) is 0 Å². The van der Waals surface area contributed by atoms with Crippen LogP contribution in [0, 0.1) is 13.8 Å². The van der Waals surface area contributed by atoms with Crippen LogP contribution < -0.4 is 10.5 Å². The number of nitrogens with zero attached hydrogens (tertiary/aromatic N) is 3. The van der Waals surface area contributed by atoms with E-state index in [1.807, 2.05) is 19.1 Å². The lowest BCUT2D eigenvalue weighted by Crippen LogP contribution is -2.20. The second kappa shape index (κ2) is 9.40. The summed E-state index contributed by atoms with van der Waals surface area (Å²) in [6, 6.07) is 7.79. The zero-order valence-electron chi connectivity index (χ0n) is 15.8. The predicted molar refractivity (Wildman–Crippen MR) is 111 cm³/mol. The monoisotopic (exact) mass is 370 g/mol. The van der Waals surface area contributed by atoms with E-state index in [1.54, 1.807) is 18.5 Å². The largest absolute Gasteiger partial charge is 0.430 e. The fraction of sp³-hybridized carbons (Fsp3) is 0.350. The summed E-state index contributed by atoms with van der Waals surface area (Å²) in [4.78, 5) is 10.5. The van der Waals surface area contributed by atoms with Crippen LogP contribution in [0.3, 0.4) is 0 Å². The molecule has 6 heteroatoms. The molecule has 5 nitrogen and oxygen atoms in total. The Labute approximate surface area is 160 Å². The normalized spacial score (nSPS) is 11.7. The SMILES string of the molecule is CCN(C)CCc1cc(C)c(OC(=S)N=C(N)c2cccnc2)cc1C. The number of hydrogen-bond donors (Lipinski definition) is 1. The van der Waals surface area contributed by atoms with Crippen LogP contribution in [-0.4, -0.2) is 41.0 Å². The smallest absolute Gasteiger partial charge is 0.290 e. The van der Waals surface area contributed by atoms with Gasteiger partial charge < -0.3 is 15.4 Å². The highest BCUT2D eigenvalue weighted by Gasteiger charge is 2.09. The minimum absolute atomic E-state index is 0.0901. The van der Waals surface area contributed by atoms with Gasteiger partial charge in [0, 0.05) is 24.5 Å². The number of ether oxygens (including phenoxy) is 1. The summed E-state index contributed by atoms with van der Waals surface area (Å²) in [7, 11) is 2.13. The predicted octanol–water partition coefficient (Wildman–Crippen LogP) is 3.26. The lowest BCUT2D eigenvalue weighted by molar-refractivity contribution is 0.357. The number of benzene rings is 1. The molecule has 0 spiro atoms. The van der Waals surface area contributed by atoms with Crippen molar-refractivity contribution in [1.29, 1.82) is 0 Å². The minimum Gasteiger partial charge on any atom is -0.430 e. The second-order valence-corrected chi connectivity index (χ2v) is 6.65. The quantitative estimate of drug-likeness (QED) is 0.480. The van der Waals surface area contributed by atoms with Crippen LogP contribution >= 0.6 is 12.2 Å². The molecular weight excluding hydrogens is 344 g/mol. The Hall–Kier alpha value is -2.31. The van der Waals surface area contributed by atoms with Crippen molar-refractivity contribution in [2.45, 2.75) is 27.2 Å². The van der Waals surface area contributed by atoms with Crippen molar-refractivity contribution in [3.8, 4) is 5.75 Å². The van der Waals surface area contributed by atoms with Gasteiger partial charge in [0.1, 0.15) is 11.6 Å². The average molecular weight is 371 g/mol. The summed E-state index contributed by atoms with van der Waals surface area (Å²) in [6.45, 7) is 8.33. The van der Waals surface area contributed by atoms with E-state index in [0.29, 0.717) is 11.3 Å². The Morgan fingerprint density at radius 3 is 2.73 bits per heavy atom. The highest BCUT2D eigenvalue weighted by Crippen LogP contribution is 2.24. The number of thiocarbonyl (C=S) groups is 1. The van der Waals surface area contributed by atoms with Gasteiger partial charge in [0.15, 0.2) is 0 Å². The van der Waals surface area contributed by atoms with E-state index in [1.165, 1.54) is 11.1 Å². The van der Waals surface area contributed by atoms with Crippen molar-refractivity contribution in [1.82, 2.24) is 9.88 Å². The number of pyridine rings is 1. The molecule has 0 saturated carbocycles. The van der Waals surface area contributed by atoms with Crippen molar-refractivity contribution in [3.05, 3.63) is 58.9 Å². The summed E-state index contributed by atoms with van der Waals surface area (Å²) in [5, 5.41) is 0.0901. The molecule has 0 amide bonds. The molecule has 0 aliphatic carbocycles. The topological polar surface area (TPSA) is 63.7 Å². The highest BCUT2D eigenvalue weighted by molar-refractivity contribution is 7.80. The standard InChI is InChI=1S/C20H26N4OS/c1-5-24(4)10-8-16-11-15(3)18(12-14(16)2)25-20(26)23-19(21)17-7-6-9-22-13-17/h6-7,9,11-13H,5,8,10H2,1-4H3,(H2,21,23,26). The molecule has 1 aromatic heterocycles. The molecule has 0 fully saturated rings. The van der Waals surface area contributed by atoms with Crippen LogP contribution in [-0.2, 0) is 6.42 Å². The minimum atomic E-state index is 0.0901. The van der Waals surface area contributed by atoms with Crippen LogP contribution in [0.25, 0.3) is 0 Å². The zero-order chi connectivity index (χ0) is 19.1. The van der Waals surface area contributed by atoms with Crippen LogP contribution in [0.5, 0.6) is 5.75 Å². The van der Waals surface area contributed by atoms with E-state index in [2.05, 4.69) is 41.8 Å². The fourth-order valence-corrected chi connectivity index (χ4v) is 2.68. The van der Waals surface area contributed by atoms with E-state index in [9.17, 15) is 0 Å². The molecule has 1 aromatic carbocycles. The molecule has 0 bridgehead atoms. The van der Waals surface area contributed by atoms with Gasteiger partial charge in [-0.05, 0) is 81.0 Å². The number of aliphatic imine (C=N–C) groups is 1. The molecule has 138 valence electrons. The van der Waals surface area contributed by atoms with Crippen LogP contribution in [0.1, 0.15) is 29.2 Å². The first kappa shape index (κ1) is 20.0. The zero-order valence-corrected chi connectivity index (χ0v) is 16.6. The Morgan fingerprint density at radius 1 is 1.31 bits per heavy atom. The fourth-order valence-electron chi connectivity index (χ4n) is 2.49. The highest BCUT2D eigenvalue weighted by atomic mass is 32.1. The van der Waals surface area contributed by atoms with E-state index in [-0.39, 0.29) is 11.0 Å². The first-order chi connectivity index (χ1) is 12.4. The van der Waals surface area contributed by atoms with Crippen molar-refractivity contribution < 1.29 is 4.74 Å². The van der Waals surface area contributed by atoms with Crippen molar-refractivity contribution in [2.75, 3.05) is 20.1 Å². The van der Waals surface area contributed by atoms with E-state index in [4.69, 9.17) is 22.7 Å². The summed E-state index contributed by atoms with van der Waals surface area (Å²) < 4.78 is 5.75. The van der Waals surface area contributed by atoms with Crippen LogP contribution in [0.2, 0.25) is 0 Å². The van der Waals surface area contributed by atoms with Crippen molar-refractivity contribution >= 4 is 23.2 Å². The third-order valence-corrected chi connectivity index (χ3v) is 4.48. The number of amidine groups is 1. The molecule has 0 aliphatic heterocycles. The number of likely N-dealkylation sites (N-methyl/N-ethyl adjacent to an activating group) is 1. The number of nitrogens with two attached hydrogens (primary N) is 1. The van der Waals surface area contributed by atoms with Gasteiger partial charge in [-0.15, -0.1) is 0 Å². The molecule has 0 atom stereocenters. The van der Waals surface area contributed by atoms with Gasteiger partial charge in [0.25, 0.3) is 5.17 Å². The number of hydrogen-bond acceptors (Lipinski definition) is 4. The average Bonchev–Trinajstić information content (AvgIpc) is 2.63. The third-order valence-electron chi connectivity index (χ3n) is 4.30. The first-order valence-corrected chi connectivity index (χ1v) is 9.06. The van der Waals surface area contributed by atoms with Crippen LogP contribution in [0.4, 0.5) is 0 Å². The maximum Gasteiger partial charge on any atom is 0.290 e. The number of aromatic nitrogens is 1. The molecule has 1 heterocycles. The van der Waals surface area contributed by atoms with Crippen LogP contribution in [0.15, 0.2) is 41.7 Å². The Kier molecular flexibility index (Phi) is 7.24. The van der Waals surface area contributed by atoms with E-state index in [0.717, 1.165) is 25.1 Å². The Balaban J connectivity index is 2.09. The molecule has 26 heavy (non-hydrogen) atoms. The maximum absolute atomic E-state index is 5.96. The second-order valence-electron chi connectivity index (χ2n) is 6.30. The Bertz CT molecular complexity index is 790.